The lowest BCUT2D eigenvalue weighted by molar-refractivity contribution is 0.0980. The van der Waals surface area contributed by atoms with Crippen molar-refractivity contribution in [1.82, 2.24) is 5.32 Å². The summed E-state index contributed by atoms with van der Waals surface area (Å²) in [6, 6.07) is 6.99. The molecule has 2 atom stereocenters. The molecule has 0 saturated carbocycles. The molecule has 1 aliphatic carbocycles. The summed E-state index contributed by atoms with van der Waals surface area (Å²) in [5, 5.41) is 3.42. The lowest BCUT2D eigenvalue weighted by atomic mass is 9.87. The van der Waals surface area contributed by atoms with E-state index in [0.29, 0.717) is 12.1 Å². The molecule has 2 unspecified atom stereocenters. The molecule has 0 amide bonds. The third-order valence-electron chi connectivity index (χ3n) is 4.76. The van der Waals surface area contributed by atoms with E-state index in [1.54, 1.807) is 0 Å². The van der Waals surface area contributed by atoms with Gasteiger partial charge in [0.25, 0.3) is 0 Å². The highest BCUT2D eigenvalue weighted by Gasteiger charge is 2.21. The number of rotatable bonds is 6. The zero-order valence-electron chi connectivity index (χ0n) is 13.1. The number of hydrogen-bond donors (Lipinski definition) is 1. The summed E-state index contributed by atoms with van der Waals surface area (Å²) >= 11 is 0. The minimum Gasteiger partial charge on any atom is -0.493 e. The van der Waals surface area contributed by atoms with E-state index in [1.165, 1.54) is 36.8 Å². The summed E-state index contributed by atoms with van der Waals surface area (Å²) in [5.41, 5.74) is 2.85. The Morgan fingerprint density at radius 2 is 2.24 bits per heavy atom. The van der Waals surface area contributed by atoms with Crippen molar-refractivity contribution < 1.29 is 9.47 Å². The average Bonchev–Trinajstić information content (AvgIpc) is 3.04. The fraction of sp³-hybridized carbons (Fsp3) is 0.667. The Bertz CT molecular complexity index is 455. The van der Waals surface area contributed by atoms with Crippen LogP contribution in [0.4, 0.5) is 0 Å². The van der Waals surface area contributed by atoms with Gasteiger partial charge in [-0.1, -0.05) is 12.1 Å². The van der Waals surface area contributed by atoms with Gasteiger partial charge in [0.1, 0.15) is 5.75 Å². The summed E-state index contributed by atoms with van der Waals surface area (Å²) < 4.78 is 11.7. The molecule has 3 heteroatoms. The normalized spacial score (nSPS) is 24.8. The van der Waals surface area contributed by atoms with Crippen molar-refractivity contribution in [3.05, 3.63) is 29.3 Å². The smallest absolute Gasteiger partial charge is 0.122 e. The highest BCUT2D eigenvalue weighted by Crippen LogP contribution is 2.35. The quantitative estimate of drug-likeness (QED) is 0.811. The minimum atomic E-state index is 0.479. The van der Waals surface area contributed by atoms with Crippen molar-refractivity contribution in [3.63, 3.8) is 0 Å². The first-order chi connectivity index (χ1) is 10.4. The van der Waals surface area contributed by atoms with Gasteiger partial charge in [-0.3, -0.25) is 0 Å². The van der Waals surface area contributed by atoms with Gasteiger partial charge in [-0.2, -0.15) is 0 Å². The molecule has 2 aliphatic rings. The van der Waals surface area contributed by atoms with Crippen molar-refractivity contribution in [2.45, 2.75) is 57.1 Å². The fourth-order valence-corrected chi connectivity index (χ4v) is 3.62. The highest BCUT2D eigenvalue weighted by molar-refractivity contribution is 5.43. The average molecular weight is 289 g/mol. The van der Waals surface area contributed by atoms with Crippen LogP contribution in [0.3, 0.4) is 0 Å². The Balaban J connectivity index is 1.55. The van der Waals surface area contributed by atoms with E-state index in [2.05, 4.69) is 30.6 Å². The maximum atomic E-state index is 6.07. The van der Waals surface area contributed by atoms with Crippen LogP contribution in [0.2, 0.25) is 0 Å². The zero-order chi connectivity index (χ0) is 14.5. The Morgan fingerprint density at radius 1 is 1.29 bits per heavy atom. The third-order valence-corrected chi connectivity index (χ3v) is 4.76. The van der Waals surface area contributed by atoms with Crippen LogP contribution in [0, 0.1) is 0 Å². The van der Waals surface area contributed by atoms with Crippen LogP contribution in [-0.2, 0) is 11.2 Å². The number of hydrogen-bond acceptors (Lipinski definition) is 3. The lowest BCUT2D eigenvalue weighted by Gasteiger charge is -2.27. The van der Waals surface area contributed by atoms with Crippen molar-refractivity contribution in [1.29, 1.82) is 0 Å². The maximum Gasteiger partial charge on any atom is 0.122 e. The highest BCUT2D eigenvalue weighted by atomic mass is 16.5. The standard InChI is InChI=1S/C18H27NO2/c1-19-17-10-2-9-16-15(17)8-3-11-18(16)21-13-5-7-14-6-4-12-20-14/h3,8,11,14,17,19H,2,4-7,9-10,12-13H2,1H3. The van der Waals surface area contributed by atoms with Crippen molar-refractivity contribution in [2.75, 3.05) is 20.3 Å². The molecule has 1 aromatic rings. The number of nitrogens with one attached hydrogen (secondary N) is 1. The van der Waals surface area contributed by atoms with E-state index in [4.69, 9.17) is 9.47 Å². The van der Waals surface area contributed by atoms with Gasteiger partial charge in [-0.05, 0) is 69.2 Å². The summed E-state index contributed by atoms with van der Waals surface area (Å²) in [6.45, 7) is 1.75. The molecule has 116 valence electrons. The third kappa shape index (κ3) is 3.58. The molecule has 0 aromatic heterocycles. The van der Waals surface area contributed by atoms with Crippen molar-refractivity contribution in [3.8, 4) is 5.75 Å². The maximum absolute atomic E-state index is 6.07. The second kappa shape index (κ2) is 7.28. The van der Waals surface area contributed by atoms with E-state index in [-0.39, 0.29) is 0 Å². The lowest BCUT2D eigenvalue weighted by Crippen LogP contribution is -2.22. The number of fused-ring (bicyclic) bond motifs is 1. The molecule has 1 saturated heterocycles. The van der Waals surface area contributed by atoms with Gasteiger partial charge in [-0.25, -0.2) is 0 Å². The largest absolute Gasteiger partial charge is 0.493 e. The first kappa shape index (κ1) is 14.9. The van der Waals surface area contributed by atoms with Crippen LogP contribution in [-0.4, -0.2) is 26.4 Å². The van der Waals surface area contributed by atoms with Crippen molar-refractivity contribution in [2.24, 2.45) is 0 Å². The molecule has 1 N–H and O–H groups in total. The molecule has 1 aromatic carbocycles. The molecular formula is C18H27NO2. The minimum absolute atomic E-state index is 0.479. The van der Waals surface area contributed by atoms with Crippen LogP contribution in [0.25, 0.3) is 0 Å². The molecule has 0 radical (unpaired) electrons. The number of benzene rings is 1. The monoisotopic (exact) mass is 289 g/mol. The Labute approximate surface area is 128 Å². The van der Waals surface area contributed by atoms with Gasteiger partial charge in [0.15, 0.2) is 0 Å². The molecule has 1 aliphatic heterocycles. The zero-order valence-corrected chi connectivity index (χ0v) is 13.1. The molecule has 0 bridgehead atoms. The second-order valence-corrected chi connectivity index (χ2v) is 6.18. The topological polar surface area (TPSA) is 30.5 Å². The van der Waals surface area contributed by atoms with E-state index in [0.717, 1.165) is 38.2 Å². The molecule has 1 fully saturated rings. The summed E-state index contributed by atoms with van der Waals surface area (Å²) in [7, 11) is 2.05. The second-order valence-electron chi connectivity index (χ2n) is 6.18. The van der Waals surface area contributed by atoms with E-state index < -0.39 is 0 Å². The van der Waals surface area contributed by atoms with E-state index in [1.807, 2.05) is 0 Å². The Morgan fingerprint density at radius 3 is 3.05 bits per heavy atom. The summed E-state index contributed by atoms with van der Waals surface area (Å²) in [4.78, 5) is 0. The molecule has 3 rings (SSSR count). The summed E-state index contributed by atoms with van der Waals surface area (Å²) in [6.07, 6.45) is 8.77. The fourth-order valence-electron chi connectivity index (χ4n) is 3.62. The van der Waals surface area contributed by atoms with Crippen molar-refractivity contribution >= 4 is 0 Å². The van der Waals surface area contributed by atoms with Gasteiger partial charge in [-0.15, -0.1) is 0 Å². The Hall–Kier alpha value is -1.06. The van der Waals surface area contributed by atoms with Crippen LogP contribution in [0.15, 0.2) is 18.2 Å². The van der Waals surface area contributed by atoms with Gasteiger partial charge in [0.2, 0.25) is 0 Å². The molecule has 3 nitrogen and oxygen atoms in total. The predicted octanol–water partition coefficient (Wildman–Crippen LogP) is 3.62. The van der Waals surface area contributed by atoms with E-state index in [9.17, 15) is 0 Å². The van der Waals surface area contributed by atoms with Gasteiger partial charge < -0.3 is 14.8 Å². The van der Waals surface area contributed by atoms with Gasteiger partial charge in [0, 0.05) is 12.6 Å². The first-order valence-corrected chi connectivity index (χ1v) is 8.42. The van der Waals surface area contributed by atoms with Gasteiger partial charge >= 0.3 is 0 Å². The van der Waals surface area contributed by atoms with Crippen LogP contribution in [0.5, 0.6) is 5.75 Å². The molecule has 1 heterocycles. The predicted molar refractivity (Wildman–Crippen MR) is 84.9 cm³/mol. The van der Waals surface area contributed by atoms with Crippen LogP contribution >= 0.6 is 0 Å². The summed E-state index contributed by atoms with van der Waals surface area (Å²) in [5.74, 6) is 1.10. The Kier molecular flexibility index (Phi) is 5.15. The SMILES string of the molecule is CNC1CCCc2c(OCCCC3CCCO3)cccc21. The number of ether oxygens (including phenoxy) is 2. The van der Waals surface area contributed by atoms with Crippen LogP contribution in [0.1, 0.15) is 55.7 Å². The van der Waals surface area contributed by atoms with E-state index >= 15 is 0 Å². The molecule has 21 heavy (non-hydrogen) atoms. The van der Waals surface area contributed by atoms with Crippen LogP contribution < -0.4 is 10.1 Å². The van der Waals surface area contributed by atoms with Gasteiger partial charge in [0.05, 0.1) is 12.7 Å². The molecule has 0 spiro atoms. The molecular weight excluding hydrogens is 262 g/mol. The first-order valence-electron chi connectivity index (χ1n) is 8.42.